The summed E-state index contributed by atoms with van der Waals surface area (Å²) in [6, 6.07) is 10.1. The fourth-order valence-electron chi connectivity index (χ4n) is 3.43. The van der Waals surface area contributed by atoms with Gasteiger partial charge in [-0.2, -0.15) is 0 Å². The lowest BCUT2D eigenvalue weighted by molar-refractivity contribution is 0.0964. The minimum atomic E-state index is -0.430. The number of allylic oxidation sites excluding steroid dienone is 1. The Morgan fingerprint density at radius 3 is 2.85 bits per heavy atom. The van der Waals surface area contributed by atoms with Gasteiger partial charge in [-0.25, -0.2) is 4.39 Å². The lowest BCUT2D eigenvalue weighted by Gasteiger charge is -2.09. The minimum absolute atomic E-state index is 0.239. The maximum Gasteiger partial charge on any atom is 0.255 e. The van der Waals surface area contributed by atoms with Crippen molar-refractivity contribution >= 4 is 28.1 Å². The molecular formula is C21H19FN2O2. The number of fused-ring (bicyclic) bond motifs is 2. The molecule has 4 nitrogen and oxygen atoms in total. The Morgan fingerprint density at radius 1 is 1.27 bits per heavy atom. The number of nitrogens with one attached hydrogen (secondary N) is 2. The fourth-order valence-corrected chi connectivity index (χ4v) is 3.43. The number of carbonyl (C=O) groups is 1. The van der Waals surface area contributed by atoms with Gasteiger partial charge in [0.1, 0.15) is 11.4 Å². The predicted octanol–water partition coefficient (Wildman–Crippen LogP) is 4.82. The molecule has 0 bridgehead atoms. The Kier molecular flexibility index (Phi) is 3.99. The van der Waals surface area contributed by atoms with E-state index in [1.807, 2.05) is 12.1 Å². The van der Waals surface area contributed by atoms with Crippen molar-refractivity contribution in [3.8, 4) is 11.3 Å². The first kappa shape index (κ1) is 16.4. The molecule has 0 radical (unpaired) electrons. The highest BCUT2D eigenvalue weighted by Gasteiger charge is 2.25. The van der Waals surface area contributed by atoms with Gasteiger partial charge in [-0.15, -0.1) is 0 Å². The molecule has 1 aromatic heterocycles. The van der Waals surface area contributed by atoms with Gasteiger partial charge in [0.05, 0.1) is 11.1 Å². The van der Waals surface area contributed by atoms with Crippen LogP contribution < -0.4 is 10.6 Å². The van der Waals surface area contributed by atoms with E-state index in [0.717, 1.165) is 36.2 Å². The summed E-state index contributed by atoms with van der Waals surface area (Å²) in [5.41, 5.74) is 4.07. The molecule has 0 atom stereocenters. The van der Waals surface area contributed by atoms with E-state index >= 15 is 0 Å². The third-order valence-electron chi connectivity index (χ3n) is 4.75. The maximum atomic E-state index is 14.3. The van der Waals surface area contributed by atoms with Gasteiger partial charge in [0.25, 0.3) is 5.91 Å². The topological polar surface area (TPSA) is 54.3 Å². The van der Waals surface area contributed by atoms with Gasteiger partial charge in [-0.05, 0) is 36.6 Å². The highest BCUT2D eigenvalue weighted by atomic mass is 19.1. The second-order valence-electron chi connectivity index (χ2n) is 6.39. The van der Waals surface area contributed by atoms with E-state index in [2.05, 4.69) is 17.2 Å². The third kappa shape index (κ3) is 2.56. The highest BCUT2D eigenvalue weighted by Crippen LogP contribution is 2.40. The Bertz CT molecular complexity index is 1040. The third-order valence-corrected chi connectivity index (χ3v) is 4.75. The lowest BCUT2D eigenvalue weighted by atomic mass is 9.98. The molecule has 0 aliphatic carbocycles. The lowest BCUT2D eigenvalue weighted by Crippen LogP contribution is -2.18. The van der Waals surface area contributed by atoms with Gasteiger partial charge in [0, 0.05) is 36.3 Å². The zero-order chi connectivity index (χ0) is 18.3. The van der Waals surface area contributed by atoms with E-state index in [9.17, 15) is 9.18 Å². The standard InChI is InChI=1S/C21H19FN2O2/c1-12-6-5-9-24-17-11-18-15(10-14(12)17)19(21(25)23-2)20(26-18)13-7-3-4-8-16(13)22/h3-4,7-8,10-11,24H,1,5-6,9H2,2H3,(H,23,25). The number of rotatable bonds is 2. The van der Waals surface area contributed by atoms with Gasteiger partial charge in [0.2, 0.25) is 0 Å². The second-order valence-corrected chi connectivity index (χ2v) is 6.39. The highest BCUT2D eigenvalue weighted by molar-refractivity contribution is 6.12. The van der Waals surface area contributed by atoms with Gasteiger partial charge in [-0.3, -0.25) is 4.79 Å². The van der Waals surface area contributed by atoms with E-state index in [0.29, 0.717) is 16.5 Å². The van der Waals surface area contributed by atoms with Crippen LogP contribution >= 0.6 is 0 Å². The second kappa shape index (κ2) is 6.33. The SMILES string of the molecule is C=C1CCCNc2cc3oc(-c4ccccc4F)c(C(=O)NC)c3cc21. The van der Waals surface area contributed by atoms with Crippen LogP contribution in [0.3, 0.4) is 0 Å². The van der Waals surface area contributed by atoms with Gasteiger partial charge in [0.15, 0.2) is 5.76 Å². The van der Waals surface area contributed by atoms with Crippen LogP contribution in [0.4, 0.5) is 10.1 Å². The molecular weight excluding hydrogens is 331 g/mol. The van der Waals surface area contributed by atoms with Crippen molar-refractivity contribution in [2.45, 2.75) is 12.8 Å². The molecule has 1 aliphatic heterocycles. The molecule has 1 aliphatic rings. The Morgan fingerprint density at radius 2 is 2.08 bits per heavy atom. The van der Waals surface area contributed by atoms with Crippen LogP contribution in [0.25, 0.3) is 27.9 Å². The quantitative estimate of drug-likeness (QED) is 0.697. The summed E-state index contributed by atoms with van der Waals surface area (Å²) < 4.78 is 20.3. The minimum Gasteiger partial charge on any atom is -0.455 e. The zero-order valence-electron chi connectivity index (χ0n) is 14.5. The van der Waals surface area contributed by atoms with E-state index in [1.165, 1.54) is 6.07 Å². The Labute approximate surface area is 150 Å². The molecule has 0 spiro atoms. The van der Waals surface area contributed by atoms with Crippen LogP contribution in [0.2, 0.25) is 0 Å². The summed E-state index contributed by atoms with van der Waals surface area (Å²) in [4.78, 5) is 12.6. The average molecular weight is 350 g/mol. The monoisotopic (exact) mass is 350 g/mol. The number of carbonyl (C=O) groups excluding carboxylic acids is 1. The smallest absolute Gasteiger partial charge is 0.255 e. The van der Waals surface area contributed by atoms with Gasteiger partial charge < -0.3 is 15.1 Å². The number of halogens is 1. The van der Waals surface area contributed by atoms with Crippen LogP contribution in [0.15, 0.2) is 47.4 Å². The van der Waals surface area contributed by atoms with E-state index < -0.39 is 5.82 Å². The van der Waals surface area contributed by atoms with Crippen molar-refractivity contribution in [3.63, 3.8) is 0 Å². The number of amides is 1. The Hall–Kier alpha value is -3.08. The fraction of sp³-hybridized carbons (Fsp3) is 0.190. The molecule has 2 N–H and O–H groups in total. The molecule has 0 saturated heterocycles. The molecule has 0 fully saturated rings. The van der Waals surface area contributed by atoms with Crippen LogP contribution in [0.5, 0.6) is 0 Å². The normalized spacial score (nSPS) is 13.8. The van der Waals surface area contributed by atoms with Crippen LogP contribution in [0, 0.1) is 5.82 Å². The molecule has 1 amide bonds. The molecule has 3 aromatic rings. The van der Waals surface area contributed by atoms with Crippen molar-refractivity contribution in [2.75, 3.05) is 18.9 Å². The molecule has 2 heterocycles. The van der Waals surface area contributed by atoms with E-state index in [1.54, 1.807) is 25.2 Å². The number of hydrogen-bond acceptors (Lipinski definition) is 3. The van der Waals surface area contributed by atoms with Crippen molar-refractivity contribution in [3.05, 3.63) is 59.9 Å². The first-order chi connectivity index (χ1) is 12.6. The zero-order valence-corrected chi connectivity index (χ0v) is 14.5. The first-order valence-corrected chi connectivity index (χ1v) is 8.59. The maximum absolute atomic E-state index is 14.3. The number of hydrogen-bond donors (Lipinski definition) is 2. The van der Waals surface area contributed by atoms with E-state index in [-0.39, 0.29) is 17.2 Å². The average Bonchev–Trinajstić information content (AvgIpc) is 2.92. The van der Waals surface area contributed by atoms with Gasteiger partial charge >= 0.3 is 0 Å². The summed E-state index contributed by atoms with van der Waals surface area (Å²) in [6.45, 7) is 5.01. The van der Waals surface area contributed by atoms with Crippen LogP contribution in [-0.4, -0.2) is 19.5 Å². The van der Waals surface area contributed by atoms with Crippen molar-refractivity contribution in [1.82, 2.24) is 5.32 Å². The first-order valence-electron chi connectivity index (χ1n) is 8.59. The summed E-state index contributed by atoms with van der Waals surface area (Å²) in [7, 11) is 1.55. The van der Waals surface area contributed by atoms with Crippen LogP contribution in [-0.2, 0) is 0 Å². The summed E-state index contributed by atoms with van der Waals surface area (Å²) in [6.07, 6.45) is 1.89. The van der Waals surface area contributed by atoms with E-state index in [4.69, 9.17) is 4.42 Å². The predicted molar refractivity (Wildman–Crippen MR) is 102 cm³/mol. The van der Waals surface area contributed by atoms with Gasteiger partial charge in [-0.1, -0.05) is 18.7 Å². The summed E-state index contributed by atoms with van der Waals surface area (Å²) >= 11 is 0. The summed E-state index contributed by atoms with van der Waals surface area (Å²) in [5, 5.41) is 6.67. The largest absolute Gasteiger partial charge is 0.455 e. The molecule has 0 saturated carbocycles. The molecule has 26 heavy (non-hydrogen) atoms. The molecule has 5 heteroatoms. The number of benzene rings is 2. The van der Waals surface area contributed by atoms with Crippen molar-refractivity contribution in [1.29, 1.82) is 0 Å². The number of furan rings is 1. The molecule has 0 unspecified atom stereocenters. The van der Waals surface area contributed by atoms with Crippen molar-refractivity contribution < 1.29 is 13.6 Å². The molecule has 2 aromatic carbocycles. The summed E-state index contributed by atoms with van der Waals surface area (Å²) in [5.74, 6) is -0.502. The molecule has 132 valence electrons. The van der Waals surface area contributed by atoms with Crippen LogP contribution in [0.1, 0.15) is 28.8 Å². The van der Waals surface area contributed by atoms with Crippen molar-refractivity contribution in [2.24, 2.45) is 0 Å². The number of anilines is 1. The Balaban J connectivity index is 2.03. The molecule has 4 rings (SSSR count).